The second kappa shape index (κ2) is 55.5. The molecule has 0 aliphatic carbocycles. The number of nitrogens with one attached hydrogen (secondary N) is 2. The molecule has 2 aromatic rings. The monoisotopic (exact) mass is 1160 g/mol. The SMILES string of the molecule is CC/C=C\C/C=C\C/C=C\C/C=C\C/C=C\CCCC(=O)Nc1ccc(O)c(C(=O)O)c1.CC/C=C\C/C=C\C/C=C\C/C=C\C/C=C\CCCC(=O)Nc1ccc(OC(=O)CCCCCCC)c(C(=O)O)c1.CCCCCCCC(=O)Cl. The molecular formula is C70H99ClN2O10. The number of ether oxygens (including phenoxy) is 1. The summed E-state index contributed by atoms with van der Waals surface area (Å²) in [4.78, 5) is 69.4. The van der Waals surface area contributed by atoms with Crippen molar-refractivity contribution in [3.05, 3.63) is 169 Å². The molecule has 12 nitrogen and oxygen atoms in total. The molecule has 456 valence electrons. The lowest BCUT2D eigenvalue weighted by Gasteiger charge is -2.10. The summed E-state index contributed by atoms with van der Waals surface area (Å²) in [5.74, 6) is -3.61. The number of hydrogen-bond donors (Lipinski definition) is 5. The van der Waals surface area contributed by atoms with Crippen LogP contribution in [0.25, 0.3) is 0 Å². The van der Waals surface area contributed by atoms with Gasteiger partial charge in [0.05, 0.1) is 0 Å². The van der Waals surface area contributed by atoms with Gasteiger partial charge in [0.15, 0.2) is 0 Å². The van der Waals surface area contributed by atoms with Gasteiger partial charge in [0.2, 0.25) is 17.1 Å². The predicted molar refractivity (Wildman–Crippen MR) is 346 cm³/mol. The van der Waals surface area contributed by atoms with Crippen LogP contribution >= 0.6 is 11.6 Å². The Morgan fingerprint density at radius 1 is 0.422 bits per heavy atom. The fraction of sp³-hybridized carbons (Fsp3) is 0.457. The number of carbonyl (C=O) groups is 6. The molecule has 0 fully saturated rings. The number of aromatic hydroxyl groups is 1. The van der Waals surface area contributed by atoms with Gasteiger partial charge in [-0.2, -0.15) is 0 Å². The number of allylic oxidation sites excluding steroid dienone is 20. The van der Waals surface area contributed by atoms with Gasteiger partial charge in [0.25, 0.3) is 0 Å². The number of halogens is 1. The number of carboxylic acid groups (broad SMARTS) is 2. The normalized spacial score (nSPS) is 11.8. The molecule has 83 heavy (non-hydrogen) atoms. The first-order valence-corrected chi connectivity index (χ1v) is 30.6. The first-order valence-electron chi connectivity index (χ1n) is 30.2. The molecule has 0 unspecified atom stereocenters. The van der Waals surface area contributed by atoms with Crippen molar-refractivity contribution in [1.82, 2.24) is 0 Å². The number of unbranched alkanes of at least 4 members (excludes halogenated alkanes) is 10. The summed E-state index contributed by atoms with van der Waals surface area (Å²) in [7, 11) is 0. The van der Waals surface area contributed by atoms with Crippen LogP contribution < -0.4 is 15.4 Å². The van der Waals surface area contributed by atoms with Gasteiger partial charge in [-0.15, -0.1) is 0 Å². The Bertz CT molecular complexity index is 2420. The molecule has 0 spiro atoms. The van der Waals surface area contributed by atoms with E-state index in [9.17, 15) is 39.0 Å². The minimum atomic E-state index is -1.24. The number of rotatable bonds is 43. The van der Waals surface area contributed by atoms with E-state index in [2.05, 4.69) is 160 Å². The van der Waals surface area contributed by atoms with Gasteiger partial charge in [0.1, 0.15) is 22.6 Å². The zero-order valence-corrected chi connectivity index (χ0v) is 51.1. The first-order chi connectivity index (χ1) is 40.3. The van der Waals surface area contributed by atoms with E-state index in [-0.39, 0.29) is 46.1 Å². The summed E-state index contributed by atoms with van der Waals surface area (Å²) in [6.45, 7) is 8.57. The Morgan fingerprint density at radius 2 is 0.771 bits per heavy atom. The number of carboxylic acids is 2. The molecule has 0 saturated heterocycles. The van der Waals surface area contributed by atoms with Crippen molar-refractivity contribution in [2.45, 2.75) is 207 Å². The molecule has 0 aliphatic heterocycles. The molecule has 0 heterocycles. The molecule has 0 bridgehead atoms. The molecule has 0 aromatic heterocycles. The number of aromatic carboxylic acids is 2. The maximum absolute atomic E-state index is 12.3. The molecule has 2 aromatic carbocycles. The first kappa shape index (κ1) is 76.0. The number of anilines is 2. The van der Waals surface area contributed by atoms with Crippen LogP contribution in [0.3, 0.4) is 0 Å². The van der Waals surface area contributed by atoms with Crippen LogP contribution in [0.2, 0.25) is 0 Å². The fourth-order valence-corrected chi connectivity index (χ4v) is 7.64. The molecule has 0 radical (unpaired) electrons. The second-order valence-electron chi connectivity index (χ2n) is 19.5. The average molecular weight is 1160 g/mol. The van der Waals surface area contributed by atoms with Crippen molar-refractivity contribution in [2.24, 2.45) is 0 Å². The third kappa shape index (κ3) is 48.2. The Balaban J connectivity index is 0.00000142. The summed E-state index contributed by atoms with van der Waals surface area (Å²) in [5.41, 5.74) is 0.337. The van der Waals surface area contributed by atoms with Gasteiger partial charge in [-0.3, -0.25) is 19.2 Å². The second-order valence-corrected chi connectivity index (χ2v) is 19.9. The molecule has 2 rings (SSSR count). The predicted octanol–water partition coefficient (Wildman–Crippen LogP) is 19.6. The Morgan fingerprint density at radius 3 is 1.14 bits per heavy atom. The molecule has 13 heteroatoms. The van der Waals surface area contributed by atoms with Crippen LogP contribution in [-0.2, 0) is 19.2 Å². The van der Waals surface area contributed by atoms with Crippen LogP contribution in [0.15, 0.2) is 158 Å². The minimum Gasteiger partial charge on any atom is -0.507 e. The maximum Gasteiger partial charge on any atom is 0.339 e. The van der Waals surface area contributed by atoms with Gasteiger partial charge in [0, 0.05) is 37.1 Å². The Hall–Kier alpha value is -7.05. The van der Waals surface area contributed by atoms with E-state index in [0.717, 1.165) is 122 Å². The number of carbonyl (C=O) groups excluding carboxylic acids is 4. The van der Waals surface area contributed by atoms with Crippen LogP contribution in [0.4, 0.5) is 11.4 Å². The van der Waals surface area contributed by atoms with Crippen molar-refractivity contribution < 1.29 is 48.8 Å². The number of hydrogen-bond acceptors (Lipinski definition) is 8. The summed E-state index contributed by atoms with van der Waals surface area (Å²) in [6.07, 6.45) is 68.0. The van der Waals surface area contributed by atoms with Crippen LogP contribution in [0, 0.1) is 0 Å². The number of phenols is 1. The van der Waals surface area contributed by atoms with E-state index in [1.54, 1.807) is 6.07 Å². The van der Waals surface area contributed by atoms with E-state index in [4.69, 9.17) is 21.4 Å². The highest BCUT2D eigenvalue weighted by molar-refractivity contribution is 6.63. The maximum atomic E-state index is 12.3. The van der Waals surface area contributed by atoms with Crippen LogP contribution in [-0.4, -0.2) is 50.3 Å². The lowest BCUT2D eigenvalue weighted by molar-refractivity contribution is -0.134. The lowest BCUT2D eigenvalue weighted by Crippen LogP contribution is -2.14. The summed E-state index contributed by atoms with van der Waals surface area (Å²) < 4.78 is 5.29. The number of benzene rings is 2. The Kier molecular flexibility index (Phi) is 50.8. The molecule has 0 saturated carbocycles. The van der Waals surface area contributed by atoms with Crippen LogP contribution in [0.1, 0.15) is 228 Å². The molecule has 5 N–H and O–H groups in total. The van der Waals surface area contributed by atoms with E-state index in [1.165, 1.54) is 49.6 Å². The van der Waals surface area contributed by atoms with Crippen molar-refractivity contribution in [3.63, 3.8) is 0 Å². The largest absolute Gasteiger partial charge is 0.507 e. The van der Waals surface area contributed by atoms with Gasteiger partial charge in [-0.05, 0) is 151 Å². The van der Waals surface area contributed by atoms with Crippen LogP contribution in [0.5, 0.6) is 11.5 Å². The van der Waals surface area contributed by atoms with E-state index in [0.29, 0.717) is 43.5 Å². The van der Waals surface area contributed by atoms with Crippen molar-refractivity contribution in [3.8, 4) is 11.5 Å². The summed E-state index contributed by atoms with van der Waals surface area (Å²) >= 11 is 5.15. The Labute approximate surface area is 503 Å². The third-order valence-electron chi connectivity index (χ3n) is 12.1. The lowest BCUT2D eigenvalue weighted by atomic mass is 10.1. The van der Waals surface area contributed by atoms with Gasteiger partial charge in [-0.25, -0.2) is 9.59 Å². The average Bonchev–Trinajstić information content (AvgIpc) is 3.48. The molecule has 2 amide bonds. The number of esters is 1. The number of amides is 2. The fourth-order valence-electron chi connectivity index (χ4n) is 7.51. The van der Waals surface area contributed by atoms with E-state index < -0.39 is 17.9 Å². The van der Waals surface area contributed by atoms with Crippen molar-refractivity contribution >= 4 is 57.9 Å². The molecule has 0 atom stereocenters. The summed E-state index contributed by atoms with van der Waals surface area (Å²) in [6, 6.07) is 8.29. The third-order valence-corrected chi connectivity index (χ3v) is 12.2. The van der Waals surface area contributed by atoms with Gasteiger partial charge < -0.3 is 30.7 Å². The highest BCUT2D eigenvalue weighted by Crippen LogP contribution is 2.25. The quantitative estimate of drug-likeness (QED) is 0.0106. The van der Waals surface area contributed by atoms with Gasteiger partial charge >= 0.3 is 17.9 Å². The smallest absolute Gasteiger partial charge is 0.339 e. The topological polar surface area (TPSA) is 196 Å². The molecule has 0 aliphatic rings. The minimum absolute atomic E-state index is 0.00699. The van der Waals surface area contributed by atoms with E-state index in [1.807, 2.05) is 0 Å². The highest BCUT2D eigenvalue weighted by atomic mass is 35.5. The zero-order chi connectivity index (χ0) is 61.2. The van der Waals surface area contributed by atoms with Gasteiger partial charge in [-0.1, -0.05) is 201 Å². The molecular weight excluding hydrogens is 1060 g/mol. The van der Waals surface area contributed by atoms with Crippen molar-refractivity contribution in [2.75, 3.05) is 10.6 Å². The summed E-state index contributed by atoms with van der Waals surface area (Å²) in [5, 5.41) is 33.2. The van der Waals surface area contributed by atoms with E-state index >= 15 is 0 Å². The van der Waals surface area contributed by atoms with Crippen molar-refractivity contribution in [1.29, 1.82) is 0 Å². The zero-order valence-electron chi connectivity index (χ0n) is 50.4. The highest BCUT2D eigenvalue weighted by Gasteiger charge is 2.17. The standard InChI is InChI=1S/C35H49NO5.C27H35NO4.C8H15ClO/c1-3-5-7-9-10-11-12-13-14-15-16-17-18-19-20-22-23-25-33(37)36-30-27-28-32(31(29-30)35(39)40)41-34(38)26-24-21-8-6-4-2;1-2-3-4-5-6-7-8-9-10-11-12-13-14-15-16-17-18-19-26(30)28-23-20-21-25(29)24(22-23)27(31)32;1-2-3-4-5-6-7-8(9)10/h5,7,10-11,13-14,16-17,19-20,27-29H,3-4,6,8-9,12,15,18,21-26H2,1-2H3,(H,36,37)(H,39,40);3-4,6-7,9-10,12-13,15-16,20-22,29H,2,5,8,11,14,17-19H2,1H3,(H,28,30)(H,31,32);2-7H2,1H3/b7-5-,11-10-,14-13-,17-16-,20-19-;4-3-,7-6-,10-9-,13-12-,16-15-;.